The van der Waals surface area contributed by atoms with Crippen LogP contribution in [0.3, 0.4) is 0 Å². The number of aromatic nitrogens is 1. The predicted molar refractivity (Wildman–Crippen MR) is 72.0 cm³/mol. The molecule has 1 aromatic heterocycles. The van der Waals surface area contributed by atoms with E-state index in [0.29, 0.717) is 6.42 Å². The van der Waals surface area contributed by atoms with E-state index < -0.39 is 12.0 Å². The molecule has 5 nitrogen and oxygen atoms in total. The van der Waals surface area contributed by atoms with Crippen molar-refractivity contribution in [3.63, 3.8) is 0 Å². The average molecular weight is 282 g/mol. The number of aryl methyl sites for hydroxylation is 1. The molecule has 1 atom stereocenters. The Balaban J connectivity index is 1.84. The fraction of sp³-hybridized carbons (Fsp3) is 0.615. The zero-order chi connectivity index (χ0) is 13.8. The van der Waals surface area contributed by atoms with Crippen molar-refractivity contribution in [2.75, 3.05) is 0 Å². The summed E-state index contributed by atoms with van der Waals surface area (Å²) in [5, 5.41) is 12.0. The van der Waals surface area contributed by atoms with E-state index in [0.717, 1.165) is 30.7 Å². The quantitative estimate of drug-likeness (QED) is 0.829. The van der Waals surface area contributed by atoms with Gasteiger partial charge in [0.25, 0.3) is 0 Å². The standard InChI is InChI=1S/C13H18N2O3S/c1-9(13(17)18)15(10-5-6-10)12(16)4-2-3-11-14-7-8-19-11/h7-10H,2-6H2,1H3,(H,17,18). The van der Waals surface area contributed by atoms with Gasteiger partial charge in [0.2, 0.25) is 5.91 Å². The van der Waals surface area contributed by atoms with Crippen LogP contribution in [0.2, 0.25) is 0 Å². The largest absolute Gasteiger partial charge is 0.480 e. The molecule has 1 saturated carbocycles. The van der Waals surface area contributed by atoms with Crippen molar-refractivity contribution in [3.8, 4) is 0 Å². The number of carboxylic acids is 1. The first-order valence-corrected chi connectivity index (χ1v) is 7.40. The minimum Gasteiger partial charge on any atom is -0.480 e. The molecule has 1 fully saturated rings. The smallest absolute Gasteiger partial charge is 0.326 e. The van der Waals surface area contributed by atoms with Crippen molar-refractivity contribution in [2.24, 2.45) is 0 Å². The number of carbonyl (C=O) groups is 2. The lowest BCUT2D eigenvalue weighted by Crippen LogP contribution is -2.44. The molecule has 0 spiro atoms. The van der Waals surface area contributed by atoms with Crippen molar-refractivity contribution in [1.82, 2.24) is 9.88 Å². The van der Waals surface area contributed by atoms with Crippen LogP contribution >= 0.6 is 11.3 Å². The van der Waals surface area contributed by atoms with E-state index in [1.807, 2.05) is 5.38 Å². The lowest BCUT2D eigenvalue weighted by atomic mass is 10.2. The second-order valence-corrected chi connectivity index (χ2v) is 5.80. The number of aliphatic carboxylic acids is 1. The summed E-state index contributed by atoms with van der Waals surface area (Å²) in [4.78, 5) is 28.9. The highest BCUT2D eigenvalue weighted by atomic mass is 32.1. The topological polar surface area (TPSA) is 70.5 Å². The van der Waals surface area contributed by atoms with Gasteiger partial charge >= 0.3 is 5.97 Å². The Kier molecular flexibility index (Phi) is 4.52. The molecular weight excluding hydrogens is 264 g/mol. The fourth-order valence-electron chi connectivity index (χ4n) is 2.10. The molecule has 1 aromatic rings. The summed E-state index contributed by atoms with van der Waals surface area (Å²) >= 11 is 1.58. The van der Waals surface area contributed by atoms with Crippen molar-refractivity contribution in [2.45, 2.75) is 51.1 Å². The molecule has 19 heavy (non-hydrogen) atoms. The van der Waals surface area contributed by atoms with Gasteiger partial charge in [-0.15, -0.1) is 11.3 Å². The van der Waals surface area contributed by atoms with Crippen LogP contribution in [-0.4, -0.2) is 39.0 Å². The molecule has 1 unspecified atom stereocenters. The predicted octanol–water partition coefficient (Wildman–Crippen LogP) is 1.93. The lowest BCUT2D eigenvalue weighted by molar-refractivity contribution is -0.150. The van der Waals surface area contributed by atoms with E-state index in [-0.39, 0.29) is 11.9 Å². The van der Waals surface area contributed by atoms with Gasteiger partial charge in [0.15, 0.2) is 0 Å². The van der Waals surface area contributed by atoms with E-state index in [4.69, 9.17) is 5.11 Å². The molecular formula is C13H18N2O3S. The second-order valence-electron chi connectivity index (χ2n) is 4.83. The Labute approximate surface area is 116 Å². The molecule has 0 aliphatic heterocycles. The van der Waals surface area contributed by atoms with Crippen LogP contribution in [-0.2, 0) is 16.0 Å². The van der Waals surface area contributed by atoms with Gasteiger partial charge in [0, 0.05) is 24.0 Å². The number of amides is 1. The van der Waals surface area contributed by atoms with E-state index in [1.54, 1.807) is 29.4 Å². The number of hydrogen-bond donors (Lipinski definition) is 1. The Hall–Kier alpha value is -1.43. The molecule has 6 heteroatoms. The highest BCUT2D eigenvalue weighted by Crippen LogP contribution is 2.29. The normalized spacial score (nSPS) is 16.1. The summed E-state index contributed by atoms with van der Waals surface area (Å²) < 4.78 is 0. The second kappa shape index (κ2) is 6.14. The van der Waals surface area contributed by atoms with Crippen molar-refractivity contribution in [1.29, 1.82) is 0 Å². The Bertz CT molecular complexity index is 443. The maximum absolute atomic E-state index is 12.1. The van der Waals surface area contributed by atoms with Gasteiger partial charge in [0.05, 0.1) is 5.01 Å². The molecule has 104 valence electrons. The van der Waals surface area contributed by atoms with Crippen LogP contribution in [0.25, 0.3) is 0 Å². The maximum atomic E-state index is 12.1. The molecule has 0 bridgehead atoms. The van der Waals surface area contributed by atoms with E-state index in [2.05, 4.69) is 4.98 Å². The zero-order valence-electron chi connectivity index (χ0n) is 10.9. The first-order chi connectivity index (χ1) is 9.09. The molecule has 1 amide bonds. The number of hydrogen-bond acceptors (Lipinski definition) is 4. The van der Waals surface area contributed by atoms with Crippen LogP contribution in [0.1, 0.15) is 37.6 Å². The van der Waals surface area contributed by atoms with Crippen LogP contribution in [0.15, 0.2) is 11.6 Å². The molecule has 0 aromatic carbocycles. The number of rotatable bonds is 7. The fourth-order valence-corrected chi connectivity index (χ4v) is 2.77. The first-order valence-electron chi connectivity index (χ1n) is 6.52. The SMILES string of the molecule is CC(C(=O)O)N(C(=O)CCCc1nccs1)C1CC1. The van der Waals surface area contributed by atoms with Crippen LogP contribution in [0, 0.1) is 0 Å². The van der Waals surface area contributed by atoms with Crippen molar-refractivity contribution >= 4 is 23.2 Å². The van der Waals surface area contributed by atoms with Gasteiger partial charge < -0.3 is 10.0 Å². The molecule has 1 aliphatic carbocycles. The Morgan fingerprint density at radius 1 is 1.58 bits per heavy atom. The molecule has 1 aliphatic rings. The van der Waals surface area contributed by atoms with Gasteiger partial charge in [-0.25, -0.2) is 9.78 Å². The third-order valence-electron chi connectivity index (χ3n) is 3.27. The van der Waals surface area contributed by atoms with Gasteiger partial charge in [0.1, 0.15) is 6.04 Å². The lowest BCUT2D eigenvalue weighted by Gasteiger charge is -2.26. The van der Waals surface area contributed by atoms with Gasteiger partial charge in [-0.1, -0.05) is 0 Å². The average Bonchev–Trinajstić information content (AvgIpc) is 3.05. The summed E-state index contributed by atoms with van der Waals surface area (Å²) in [7, 11) is 0. The zero-order valence-corrected chi connectivity index (χ0v) is 11.7. The van der Waals surface area contributed by atoms with Crippen LogP contribution in [0.5, 0.6) is 0 Å². The summed E-state index contributed by atoms with van der Waals surface area (Å²) in [5.74, 6) is -0.978. The molecule has 0 saturated heterocycles. The highest BCUT2D eigenvalue weighted by Gasteiger charge is 2.37. The monoisotopic (exact) mass is 282 g/mol. The Morgan fingerprint density at radius 3 is 2.84 bits per heavy atom. The van der Waals surface area contributed by atoms with E-state index >= 15 is 0 Å². The number of nitrogens with zero attached hydrogens (tertiary/aromatic N) is 2. The third-order valence-corrected chi connectivity index (χ3v) is 4.11. The van der Waals surface area contributed by atoms with Gasteiger partial charge in [-0.3, -0.25) is 4.79 Å². The minimum absolute atomic E-state index is 0.0473. The Morgan fingerprint density at radius 2 is 2.32 bits per heavy atom. The third kappa shape index (κ3) is 3.76. The van der Waals surface area contributed by atoms with E-state index in [9.17, 15) is 9.59 Å². The van der Waals surface area contributed by atoms with Crippen molar-refractivity contribution < 1.29 is 14.7 Å². The number of thiazole rings is 1. The van der Waals surface area contributed by atoms with Crippen LogP contribution in [0.4, 0.5) is 0 Å². The van der Waals surface area contributed by atoms with Crippen LogP contribution < -0.4 is 0 Å². The maximum Gasteiger partial charge on any atom is 0.326 e. The molecule has 0 radical (unpaired) electrons. The summed E-state index contributed by atoms with van der Waals surface area (Å²) in [6, 6.07) is -0.585. The molecule has 1 N–H and O–H groups in total. The summed E-state index contributed by atoms with van der Waals surface area (Å²) in [6.07, 6.45) is 5.51. The van der Waals surface area contributed by atoms with Crippen molar-refractivity contribution in [3.05, 3.63) is 16.6 Å². The summed E-state index contributed by atoms with van der Waals surface area (Å²) in [5.41, 5.74) is 0. The first kappa shape index (κ1) is 14.0. The van der Waals surface area contributed by atoms with Gasteiger partial charge in [-0.2, -0.15) is 0 Å². The highest BCUT2D eigenvalue weighted by molar-refractivity contribution is 7.09. The number of carboxylic acid groups (broad SMARTS) is 1. The minimum atomic E-state index is -0.930. The molecule has 1 heterocycles. The summed E-state index contributed by atoms with van der Waals surface area (Å²) in [6.45, 7) is 1.58. The van der Waals surface area contributed by atoms with Gasteiger partial charge in [-0.05, 0) is 32.6 Å². The number of carbonyl (C=O) groups excluding carboxylic acids is 1. The molecule has 2 rings (SSSR count). The van der Waals surface area contributed by atoms with E-state index in [1.165, 1.54) is 0 Å².